The first kappa shape index (κ1) is 13.8. The third-order valence-corrected chi connectivity index (χ3v) is 1.95. The van der Waals surface area contributed by atoms with Crippen molar-refractivity contribution >= 4 is 7.60 Å². The molecule has 59 valence electrons. The summed E-state index contributed by atoms with van der Waals surface area (Å²) in [4.78, 5) is 0. The maximum Gasteiger partial charge on any atom is 0.184 e. The van der Waals surface area contributed by atoms with Crippen molar-refractivity contribution in [3.8, 4) is 0 Å². The Morgan fingerprint density at radius 2 is 1.60 bits per heavy atom. The number of hydrogen-bond donors (Lipinski definition) is 0. The largest absolute Gasteiger partial charge is 0.331 e. The second-order valence-electron chi connectivity index (χ2n) is 1.45. The van der Waals surface area contributed by atoms with Crippen LogP contribution in [0.3, 0.4) is 0 Å². The average Bonchev–Trinajstić information content (AvgIpc) is 1.64. The van der Waals surface area contributed by atoms with Crippen LogP contribution in [0.25, 0.3) is 0 Å². The zero-order chi connectivity index (χ0) is 7.33. The van der Waals surface area contributed by atoms with Crippen molar-refractivity contribution < 1.29 is 46.3 Å². The van der Waals surface area contributed by atoms with Gasteiger partial charge in [-0.3, -0.25) is 4.57 Å². The Morgan fingerprint density at radius 3 is 1.80 bits per heavy atom. The molecule has 0 aromatic heterocycles. The Labute approximate surface area is 87.3 Å². The molecule has 0 saturated heterocycles. The second-order valence-corrected chi connectivity index (χ2v) is 3.18. The Kier molecular flexibility index (Phi) is 9.58. The molecule has 0 bridgehead atoms. The smallest absolute Gasteiger partial charge is 0.184 e. The topological polar surface area (TPSA) is 35.5 Å². The van der Waals surface area contributed by atoms with E-state index in [2.05, 4.69) is 6.66 Å². The summed E-state index contributed by atoms with van der Waals surface area (Å²) in [5.41, 5.74) is 0. The molecular weight excluding hydrogens is 228 g/mol. The van der Waals surface area contributed by atoms with Crippen LogP contribution >= 0.6 is 7.60 Å². The summed E-state index contributed by atoms with van der Waals surface area (Å²) in [5.74, 6) is 0. The number of rotatable bonds is 4. The summed E-state index contributed by atoms with van der Waals surface area (Å²) >= 11 is 0. The molecule has 0 rings (SSSR count). The summed E-state index contributed by atoms with van der Waals surface area (Å²) in [6.45, 7) is 7.51. The van der Waals surface area contributed by atoms with Crippen molar-refractivity contribution in [2.45, 2.75) is 13.8 Å². The maximum absolute atomic E-state index is 10.9. The first-order valence-electron chi connectivity index (χ1n) is 2.86. The van der Waals surface area contributed by atoms with Gasteiger partial charge in [-0.05, 0) is 13.8 Å². The number of hydrogen-bond acceptors (Lipinski definition) is 3. The molecule has 0 spiro atoms. The minimum atomic E-state index is -2.94. The van der Waals surface area contributed by atoms with E-state index in [4.69, 9.17) is 9.05 Å². The van der Waals surface area contributed by atoms with Gasteiger partial charge in [0.25, 0.3) is 0 Å². The molecule has 0 aliphatic carbocycles. The summed E-state index contributed by atoms with van der Waals surface area (Å²) in [6.07, 6.45) is 0. The van der Waals surface area contributed by atoms with Gasteiger partial charge in [-0.1, -0.05) is 0 Å². The third-order valence-electron chi connectivity index (χ3n) is 0.652. The van der Waals surface area contributed by atoms with E-state index in [9.17, 15) is 4.57 Å². The van der Waals surface area contributed by atoms with E-state index in [1.54, 1.807) is 13.8 Å². The van der Waals surface area contributed by atoms with E-state index >= 15 is 0 Å². The molecule has 3 nitrogen and oxygen atoms in total. The van der Waals surface area contributed by atoms with Gasteiger partial charge < -0.3 is 9.05 Å². The molecule has 1 radical (unpaired) electrons. The Balaban J connectivity index is 0. The van der Waals surface area contributed by atoms with Gasteiger partial charge in [0, 0.05) is 32.7 Å². The van der Waals surface area contributed by atoms with Gasteiger partial charge in [-0.25, -0.2) is 6.66 Å². The van der Waals surface area contributed by atoms with E-state index in [1.165, 1.54) is 0 Å². The van der Waals surface area contributed by atoms with Gasteiger partial charge in [-0.2, -0.15) is 0 Å². The van der Waals surface area contributed by atoms with Crippen LogP contribution in [-0.4, -0.2) is 13.2 Å². The zero-order valence-corrected chi connectivity index (χ0v) is 10.1. The zero-order valence-electron chi connectivity index (χ0n) is 6.37. The van der Waals surface area contributed by atoms with Gasteiger partial charge in [0.1, 0.15) is 0 Å². The summed E-state index contributed by atoms with van der Waals surface area (Å²) in [6, 6.07) is 0. The van der Waals surface area contributed by atoms with Crippen LogP contribution in [0.2, 0.25) is 0 Å². The minimum absolute atomic E-state index is 0. The average molecular weight is 240 g/mol. The van der Waals surface area contributed by atoms with Crippen LogP contribution in [0.1, 0.15) is 13.8 Å². The normalized spacial score (nSPS) is 10.7. The van der Waals surface area contributed by atoms with Crippen molar-refractivity contribution in [2.75, 3.05) is 13.2 Å². The van der Waals surface area contributed by atoms with Gasteiger partial charge in [-0.15, -0.1) is 0 Å². The maximum atomic E-state index is 10.9. The standard InChI is InChI=1S/C5H12O3P.Y/c1-4-7-9(3,6)8-5-2;/h3-5H2,1-2H3;/q-1;. The van der Waals surface area contributed by atoms with E-state index in [0.717, 1.165) is 0 Å². The predicted octanol–water partition coefficient (Wildman–Crippen LogP) is 2.04. The predicted molar refractivity (Wildman–Crippen MR) is 36.2 cm³/mol. The van der Waals surface area contributed by atoms with E-state index in [-0.39, 0.29) is 32.7 Å². The molecule has 0 saturated carbocycles. The van der Waals surface area contributed by atoms with E-state index in [0.29, 0.717) is 13.2 Å². The molecule has 0 N–H and O–H groups in total. The molecule has 0 aliphatic rings. The summed E-state index contributed by atoms with van der Waals surface area (Å²) < 4.78 is 20.2. The molecule has 0 aliphatic heterocycles. The van der Waals surface area contributed by atoms with Crippen LogP contribution in [0.15, 0.2) is 0 Å². The molecule has 0 heterocycles. The summed E-state index contributed by atoms with van der Waals surface area (Å²) in [7, 11) is -2.94. The fourth-order valence-corrected chi connectivity index (χ4v) is 1.29. The summed E-state index contributed by atoms with van der Waals surface area (Å²) in [5, 5.41) is 0. The third kappa shape index (κ3) is 7.36. The van der Waals surface area contributed by atoms with Crippen LogP contribution < -0.4 is 0 Å². The quantitative estimate of drug-likeness (QED) is 0.557. The van der Waals surface area contributed by atoms with Crippen molar-refractivity contribution in [3.63, 3.8) is 0 Å². The van der Waals surface area contributed by atoms with Crippen molar-refractivity contribution in [2.24, 2.45) is 0 Å². The monoisotopic (exact) mass is 240 g/mol. The molecule has 0 aromatic rings. The van der Waals surface area contributed by atoms with Gasteiger partial charge in [0.2, 0.25) is 0 Å². The molecule has 0 unspecified atom stereocenters. The Hall–Kier alpha value is 1.25. The fraction of sp³-hybridized carbons (Fsp3) is 0.800. The molecular formula is C5H12O3PY-. The van der Waals surface area contributed by atoms with Gasteiger partial charge in [0.05, 0.1) is 13.2 Å². The first-order chi connectivity index (χ1) is 4.12. The van der Waals surface area contributed by atoms with Crippen LogP contribution in [0, 0.1) is 6.66 Å². The van der Waals surface area contributed by atoms with Crippen molar-refractivity contribution in [1.82, 2.24) is 0 Å². The van der Waals surface area contributed by atoms with E-state index < -0.39 is 7.60 Å². The molecule has 10 heavy (non-hydrogen) atoms. The molecule has 0 atom stereocenters. The van der Waals surface area contributed by atoms with Gasteiger partial charge >= 0.3 is 0 Å². The van der Waals surface area contributed by atoms with Crippen molar-refractivity contribution in [3.05, 3.63) is 6.66 Å². The molecule has 5 heteroatoms. The minimum Gasteiger partial charge on any atom is -0.331 e. The fourth-order valence-electron chi connectivity index (χ4n) is 0.431. The van der Waals surface area contributed by atoms with Crippen LogP contribution in [-0.2, 0) is 46.3 Å². The SMILES string of the molecule is [CH2-]P(=O)(OCC)OCC.[Y]. The Bertz CT molecular complexity index is 107. The van der Waals surface area contributed by atoms with Crippen LogP contribution in [0.4, 0.5) is 0 Å². The first-order valence-corrected chi connectivity index (χ1v) is 4.58. The van der Waals surface area contributed by atoms with E-state index in [1.807, 2.05) is 0 Å². The molecule has 0 aromatic carbocycles. The second kappa shape index (κ2) is 6.93. The molecule has 0 fully saturated rings. The van der Waals surface area contributed by atoms with Crippen LogP contribution in [0.5, 0.6) is 0 Å². The molecule has 0 amide bonds. The Morgan fingerprint density at radius 1 is 1.30 bits per heavy atom. The van der Waals surface area contributed by atoms with Gasteiger partial charge in [0.15, 0.2) is 7.60 Å². The van der Waals surface area contributed by atoms with Crippen molar-refractivity contribution in [1.29, 1.82) is 0 Å².